The van der Waals surface area contributed by atoms with Gasteiger partial charge in [-0.05, 0) is 197 Å². The maximum Gasteiger partial charge on any atom is 0.354 e. The second kappa shape index (κ2) is 49.2. The minimum absolute atomic E-state index is 0.0555. The van der Waals surface area contributed by atoms with E-state index < -0.39 is 17.9 Å². The largest absolute Gasteiger partial charge is 0.507 e. The molecule has 0 bridgehead atoms. The van der Waals surface area contributed by atoms with Gasteiger partial charge in [0.05, 0.1) is 50.1 Å². The van der Waals surface area contributed by atoms with Gasteiger partial charge in [0.25, 0.3) is 0 Å². The van der Waals surface area contributed by atoms with E-state index in [2.05, 4.69) is 39.5 Å². The molecule has 12 rings (SSSR count). The molecule has 0 unspecified atom stereocenters. The summed E-state index contributed by atoms with van der Waals surface area (Å²) in [5.41, 5.74) is 24.7. The van der Waals surface area contributed by atoms with Crippen LogP contribution in [0.1, 0.15) is 70.3 Å². The molecule has 0 aliphatic carbocycles. The quantitative estimate of drug-likeness (QED) is 0.00717. The number of aromatic hydroxyl groups is 1. The van der Waals surface area contributed by atoms with Crippen LogP contribution < -0.4 is 18.9 Å². The summed E-state index contributed by atoms with van der Waals surface area (Å²) in [6.45, 7) is 1.04. The third-order valence-electron chi connectivity index (χ3n) is 14.7. The summed E-state index contributed by atoms with van der Waals surface area (Å²) in [5.74, 6) is 0.865. The lowest BCUT2D eigenvalue weighted by molar-refractivity contribution is -0.139. The molecule has 22 nitrogen and oxygen atoms in total. The number of rotatable bonds is 22. The van der Waals surface area contributed by atoms with E-state index in [0.29, 0.717) is 123 Å². The highest BCUT2D eigenvalue weighted by atomic mass is 35.5. The molecule has 0 aliphatic heterocycles. The van der Waals surface area contributed by atoms with E-state index in [0.717, 1.165) is 61.1 Å². The van der Waals surface area contributed by atoms with Crippen LogP contribution in [-0.2, 0) is 62.7 Å². The van der Waals surface area contributed by atoms with Gasteiger partial charge in [-0.3, -0.25) is 14.4 Å². The summed E-state index contributed by atoms with van der Waals surface area (Å²) in [5, 5.41) is 32.0. The van der Waals surface area contributed by atoms with E-state index in [1.807, 2.05) is 109 Å². The number of ether oxygens (including phenoxy) is 7. The summed E-state index contributed by atoms with van der Waals surface area (Å²) in [4.78, 5) is 65.4. The first-order valence-corrected chi connectivity index (χ1v) is 37.2. The van der Waals surface area contributed by atoms with Crippen LogP contribution >= 0.6 is 128 Å². The van der Waals surface area contributed by atoms with E-state index in [-0.39, 0.29) is 36.8 Å². The number of nitrogens with zero attached hydrogens (tertiary/aromatic N) is 6. The van der Waals surface area contributed by atoms with Crippen LogP contribution in [0.4, 0.5) is 0 Å². The van der Waals surface area contributed by atoms with Crippen molar-refractivity contribution >= 4 is 186 Å². The van der Waals surface area contributed by atoms with Crippen molar-refractivity contribution in [3.8, 4) is 28.7 Å². The van der Waals surface area contributed by atoms with Crippen LogP contribution in [0.15, 0.2) is 228 Å². The minimum Gasteiger partial charge on any atom is -0.507 e. The second-order valence-electron chi connectivity index (χ2n) is 22.8. The summed E-state index contributed by atoms with van der Waals surface area (Å²) in [6, 6.07) is 61.7. The number of hydrogen-bond donors (Lipinski definition) is 4. The van der Waals surface area contributed by atoms with Gasteiger partial charge in [0.1, 0.15) is 73.1 Å². The molecule has 0 radical (unpaired) electrons. The van der Waals surface area contributed by atoms with E-state index in [4.69, 9.17) is 167 Å². The average Bonchev–Trinajstić information content (AvgIpc) is 1.63. The highest BCUT2D eigenvalue weighted by Gasteiger charge is 2.16. The number of aromatic amines is 2. The molecule has 590 valence electrons. The van der Waals surface area contributed by atoms with Crippen LogP contribution in [0.3, 0.4) is 0 Å². The number of azide groups is 2. The molecular weight excluding hydrogens is 1700 g/mol. The van der Waals surface area contributed by atoms with Crippen molar-refractivity contribution in [2.24, 2.45) is 10.2 Å². The maximum absolute atomic E-state index is 11.7. The Morgan fingerprint density at radius 2 is 0.833 bits per heavy atom. The standard InChI is InChI=1S/C17H13Cl2N3O3.C17H13Cl2NO3.C16H13Cl2NO2.C14H10Cl2O2.C7H6Cl2.C7H5ClO2.C3H5N3O2/c1-24-17(23)15(21-22-20)8-12-5-6-14(19)9-16(12)25-10-11-3-2-4-13(18)7-11;1-22-17(21)15-8-13-14(20-15)6-12(19)7-16(13)23-9-10-3-2-4-11(18)5-10;17-11-3-1-2-10(4-11)9-21-16-6-12(18)5-15-14(16)7-13(8-20)19-15;15-12-3-1-2-10(6-12)9-18-14-7-13(16)5-4-11(14)8-17;8-5-6-2-1-3-7(9)4-6;8-6-2-1-5(4-9)7(10)3-6;1-8-3(7)2-5-6-4/h2-9H,10H2,1H3;2-8,20H,9H2,1H3;1-7,19-20H,8-9H2;1-8H,9H2;1-4H,5H2;1-4,10H;2H2,1H3/b15-8-;;;;;;. The van der Waals surface area contributed by atoms with Crippen molar-refractivity contribution in [2.75, 3.05) is 27.9 Å². The number of esters is 3. The number of halogens is 11. The third-order valence-corrected chi connectivity index (χ3v) is 17.3. The molecule has 0 spiro atoms. The number of aliphatic hydroxyl groups is 1. The van der Waals surface area contributed by atoms with Crippen LogP contribution in [0, 0.1) is 0 Å². The van der Waals surface area contributed by atoms with Crippen molar-refractivity contribution in [3.05, 3.63) is 345 Å². The van der Waals surface area contributed by atoms with Crippen LogP contribution in [-0.4, -0.2) is 78.5 Å². The molecule has 33 heteroatoms. The number of carbonyl (C=O) groups is 5. The van der Waals surface area contributed by atoms with Crippen molar-refractivity contribution in [1.82, 2.24) is 9.97 Å². The Morgan fingerprint density at radius 1 is 0.439 bits per heavy atom. The Balaban J connectivity index is 0.000000214. The summed E-state index contributed by atoms with van der Waals surface area (Å²) >= 11 is 64.6. The van der Waals surface area contributed by atoms with Gasteiger partial charge in [-0.15, -0.1) is 11.6 Å². The number of alkyl halides is 1. The fourth-order valence-electron chi connectivity index (χ4n) is 9.40. The van der Waals surface area contributed by atoms with Crippen molar-refractivity contribution in [2.45, 2.75) is 38.9 Å². The highest BCUT2D eigenvalue weighted by Crippen LogP contribution is 2.35. The van der Waals surface area contributed by atoms with E-state index in [1.165, 1.54) is 39.5 Å². The zero-order valence-electron chi connectivity index (χ0n) is 60.0. The first kappa shape index (κ1) is 92.4. The number of aldehydes is 2. The van der Waals surface area contributed by atoms with Crippen molar-refractivity contribution in [3.63, 3.8) is 0 Å². The molecule has 2 heterocycles. The number of phenolic OH excluding ortho intramolecular Hbond substituents is 1. The lowest BCUT2D eigenvalue weighted by Gasteiger charge is -2.11. The first-order valence-electron chi connectivity index (χ1n) is 32.8. The van der Waals surface area contributed by atoms with Gasteiger partial charge in [0.2, 0.25) is 0 Å². The molecule has 10 aromatic carbocycles. The van der Waals surface area contributed by atoms with Gasteiger partial charge in [-0.25, -0.2) is 9.59 Å². The zero-order valence-corrected chi connectivity index (χ0v) is 68.3. The fourth-order valence-corrected chi connectivity index (χ4v) is 11.5. The molecule has 4 N–H and O–H groups in total. The predicted molar refractivity (Wildman–Crippen MR) is 450 cm³/mol. The molecule has 114 heavy (non-hydrogen) atoms. The predicted octanol–water partition coefficient (Wildman–Crippen LogP) is 24.6. The number of H-pyrrole nitrogens is 2. The van der Waals surface area contributed by atoms with E-state index >= 15 is 0 Å². The molecule has 0 saturated heterocycles. The number of methoxy groups -OCH3 is 3. The normalized spacial score (nSPS) is 10.2. The van der Waals surface area contributed by atoms with Gasteiger partial charge in [-0.1, -0.05) is 187 Å². The molecule has 12 aromatic rings. The highest BCUT2D eigenvalue weighted by molar-refractivity contribution is 6.34. The molecular formula is C81H65Cl11N8O14. The van der Waals surface area contributed by atoms with Gasteiger partial charge in [0.15, 0.2) is 12.6 Å². The number of aromatic nitrogens is 2. The second-order valence-corrected chi connectivity index (χ2v) is 27.4. The number of phenols is 1. The summed E-state index contributed by atoms with van der Waals surface area (Å²) in [7, 11) is 3.76. The molecule has 0 atom stereocenters. The van der Waals surface area contributed by atoms with Gasteiger partial charge in [-0.2, -0.15) is 0 Å². The summed E-state index contributed by atoms with van der Waals surface area (Å²) in [6.07, 6.45) is 2.69. The number of carbonyl (C=O) groups excluding carboxylic acids is 5. The monoisotopic (exact) mass is 1760 g/mol. The lowest BCUT2D eigenvalue weighted by Crippen LogP contribution is -2.02. The zero-order chi connectivity index (χ0) is 83.1. The smallest absolute Gasteiger partial charge is 0.354 e. The van der Waals surface area contributed by atoms with Crippen molar-refractivity contribution in [1.29, 1.82) is 0 Å². The van der Waals surface area contributed by atoms with E-state index in [1.54, 1.807) is 91.0 Å². The Bertz CT molecular complexity index is 5410. The molecule has 2 aromatic heterocycles. The maximum atomic E-state index is 11.7. The Morgan fingerprint density at radius 3 is 1.23 bits per heavy atom. The minimum atomic E-state index is -0.756. The van der Waals surface area contributed by atoms with Crippen molar-refractivity contribution < 1.29 is 67.3 Å². The van der Waals surface area contributed by atoms with Gasteiger partial charge >= 0.3 is 17.9 Å². The number of benzene rings is 10. The van der Waals surface area contributed by atoms with E-state index in [9.17, 15) is 29.1 Å². The molecule has 0 fully saturated rings. The lowest BCUT2D eigenvalue weighted by atomic mass is 10.1. The SMILES string of the molecule is COC(=O)/C(=C/c1ccc(Cl)cc1OCc1cccc(Cl)c1)N=[N+]=[N-].COC(=O)CN=[N+]=[N-].COC(=O)c1cc2c(OCc3cccc(Cl)c3)cc(Cl)cc2[nH]1.ClCc1cccc(Cl)c1.O=Cc1ccc(Cl)cc1O.O=Cc1ccc(Cl)cc1OCc1cccc(Cl)c1.OCc1cc2c(OCc3cccc(Cl)c3)cc(Cl)cc2[nH]1. The Hall–Kier alpha value is -10.5. The fraction of sp³-hybridized carbons (Fsp3) is 0.123. The van der Waals surface area contributed by atoms with Crippen LogP contribution in [0.25, 0.3) is 48.8 Å². The molecule has 0 amide bonds. The third kappa shape index (κ3) is 31.8. The average molecular weight is 1760 g/mol. The number of hydrogen-bond acceptors (Lipinski definition) is 16. The number of fused-ring (bicyclic) bond motifs is 2. The van der Waals surface area contributed by atoms with Gasteiger partial charge < -0.3 is 53.3 Å². The number of aliphatic hydroxyl groups excluding tert-OH is 1. The number of nitrogens with one attached hydrogen (secondary N) is 2. The molecule has 0 saturated carbocycles. The Kier molecular flexibility index (Phi) is 39.9. The van der Waals surface area contributed by atoms with Crippen LogP contribution in [0.2, 0.25) is 50.2 Å². The summed E-state index contributed by atoms with van der Waals surface area (Å²) < 4.78 is 36.5. The first-order chi connectivity index (χ1) is 54.8. The van der Waals surface area contributed by atoms with Crippen LogP contribution in [0.5, 0.6) is 28.7 Å². The topological polar surface area (TPSA) is 320 Å². The van der Waals surface area contributed by atoms with Gasteiger partial charge in [0, 0.05) is 88.0 Å². The Labute approximate surface area is 708 Å². The molecule has 0 aliphatic rings.